The van der Waals surface area contributed by atoms with Crippen LogP contribution in [0.5, 0.6) is 0 Å². The van der Waals surface area contributed by atoms with Crippen molar-refractivity contribution in [3.8, 4) is 0 Å². The van der Waals surface area contributed by atoms with Crippen LogP contribution in [0.4, 0.5) is 0 Å². The van der Waals surface area contributed by atoms with Gasteiger partial charge in [-0.15, -0.1) is 0 Å². The van der Waals surface area contributed by atoms with Crippen LogP contribution in [-0.2, 0) is 10.0 Å². The molecule has 84 valence electrons. The second kappa shape index (κ2) is 4.19. The number of nitrogens with one attached hydrogen (secondary N) is 1. The smallest absolute Gasteiger partial charge is 0.211 e. The molecule has 3 nitrogen and oxygen atoms in total. The van der Waals surface area contributed by atoms with Crippen molar-refractivity contribution in [2.24, 2.45) is 5.41 Å². The molecule has 1 N–H and O–H groups in total. The summed E-state index contributed by atoms with van der Waals surface area (Å²) in [4.78, 5) is 0. The Morgan fingerprint density at radius 2 is 2.07 bits per heavy atom. The van der Waals surface area contributed by atoms with Gasteiger partial charge in [-0.2, -0.15) is 0 Å². The zero-order chi connectivity index (χ0) is 10.8. The largest absolute Gasteiger partial charge is 0.212 e. The highest BCUT2D eigenvalue weighted by Gasteiger charge is 2.32. The Bertz CT molecular complexity index is 282. The number of sulfonamides is 1. The molecular weight excluding hydrogens is 198 g/mol. The molecule has 1 fully saturated rings. The van der Waals surface area contributed by atoms with Gasteiger partial charge in [0.15, 0.2) is 0 Å². The topological polar surface area (TPSA) is 46.2 Å². The molecule has 0 spiro atoms. The molecule has 1 saturated carbocycles. The van der Waals surface area contributed by atoms with Crippen LogP contribution in [0.15, 0.2) is 0 Å². The Morgan fingerprint density at radius 3 is 2.50 bits per heavy atom. The lowest BCUT2D eigenvalue weighted by Gasteiger charge is -2.17. The maximum absolute atomic E-state index is 11.5. The summed E-state index contributed by atoms with van der Waals surface area (Å²) >= 11 is 0. The van der Waals surface area contributed by atoms with E-state index in [9.17, 15) is 8.42 Å². The first-order valence-electron chi connectivity index (χ1n) is 5.35. The summed E-state index contributed by atoms with van der Waals surface area (Å²) in [6.07, 6.45) is 3.75. The quantitative estimate of drug-likeness (QED) is 0.785. The van der Waals surface area contributed by atoms with E-state index in [-0.39, 0.29) is 11.8 Å². The normalized spacial score (nSPS) is 26.6. The van der Waals surface area contributed by atoms with Gasteiger partial charge < -0.3 is 0 Å². The van der Waals surface area contributed by atoms with Crippen LogP contribution >= 0.6 is 0 Å². The molecule has 1 rings (SSSR count). The highest BCUT2D eigenvalue weighted by molar-refractivity contribution is 7.89. The van der Waals surface area contributed by atoms with Crippen molar-refractivity contribution in [1.29, 1.82) is 0 Å². The standard InChI is InChI=1S/C10H21NO2S/c1-4-7-14(12,13)11-9-5-6-10(2,3)8-9/h9,11H,4-8H2,1-3H3. The van der Waals surface area contributed by atoms with E-state index in [0.717, 1.165) is 19.3 Å². The van der Waals surface area contributed by atoms with E-state index in [0.29, 0.717) is 11.8 Å². The minimum absolute atomic E-state index is 0.168. The van der Waals surface area contributed by atoms with Gasteiger partial charge in [0.2, 0.25) is 10.0 Å². The molecule has 1 atom stereocenters. The first-order valence-corrected chi connectivity index (χ1v) is 7.00. The van der Waals surface area contributed by atoms with Crippen molar-refractivity contribution >= 4 is 10.0 Å². The fraction of sp³-hybridized carbons (Fsp3) is 1.00. The molecule has 0 aromatic carbocycles. The SMILES string of the molecule is CCCS(=O)(=O)NC1CCC(C)(C)C1. The van der Waals surface area contributed by atoms with E-state index in [1.807, 2.05) is 6.92 Å². The van der Waals surface area contributed by atoms with Crippen LogP contribution in [0, 0.1) is 5.41 Å². The molecule has 1 aliphatic carbocycles. The molecule has 0 amide bonds. The molecular formula is C10H21NO2S. The van der Waals surface area contributed by atoms with Gasteiger partial charge in [0.1, 0.15) is 0 Å². The third kappa shape index (κ3) is 3.58. The molecule has 0 radical (unpaired) electrons. The summed E-state index contributed by atoms with van der Waals surface area (Å²) in [5.74, 6) is 0.254. The molecule has 0 bridgehead atoms. The van der Waals surface area contributed by atoms with Crippen molar-refractivity contribution in [2.75, 3.05) is 5.75 Å². The van der Waals surface area contributed by atoms with Gasteiger partial charge in [-0.3, -0.25) is 0 Å². The van der Waals surface area contributed by atoms with Crippen molar-refractivity contribution in [3.63, 3.8) is 0 Å². The lowest BCUT2D eigenvalue weighted by Crippen LogP contribution is -2.35. The van der Waals surface area contributed by atoms with Crippen molar-refractivity contribution in [3.05, 3.63) is 0 Å². The average Bonchev–Trinajstić information content (AvgIpc) is 2.28. The van der Waals surface area contributed by atoms with Crippen LogP contribution in [0.2, 0.25) is 0 Å². The van der Waals surface area contributed by atoms with E-state index in [2.05, 4.69) is 18.6 Å². The molecule has 1 aliphatic rings. The minimum Gasteiger partial charge on any atom is -0.212 e. The van der Waals surface area contributed by atoms with E-state index in [1.165, 1.54) is 0 Å². The fourth-order valence-corrected chi connectivity index (χ4v) is 3.48. The number of hydrogen-bond donors (Lipinski definition) is 1. The third-order valence-corrected chi connectivity index (χ3v) is 4.43. The molecule has 0 saturated heterocycles. The fourth-order valence-electron chi connectivity index (χ4n) is 2.12. The van der Waals surface area contributed by atoms with Crippen LogP contribution in [-0.4, -0.2) is 20.2 Å². The number of rotatable bonds is 4. The van der Waals surface area contributed by atoms with E-state index in [4.69, 9.17) is 0 Å². The summed E-state index contributed by atoms with van der Waals surface area (Å²) in [5, 5.41) is 0. The Balaban J connectivity index is 2.47. The summed E-state index contributed by atoms with van der Waals surface area (Å²) in [6, 6.07) is 0.168. The van der Waals surface area contributed by atoms with Gasteiger partial charge in [-0.25, -0.2) is 13.1 Å². The molecule has 1 unspecified atom stereocenters. The lowest BCUT2D eigenvalue weighted by molar-refractivity contribution is 0.372. The predicted molar refractivity (Wildman–Crippen MR) is 58.6 cm³/mol. The van der Waals surface area contributed by atoms with Gasteiger partial charge in [0.05, 0.1) is 5.75 Å². The molecule has 0 aromatic rings. The van der Waals surface area contributed by atoms with Crippen LogP contribution in [0.25, 0.3) is 0 Å². The Kier molecular flexibility index (Phi) is 3.58. The molecule has 0 aliphatic heterocycles. The van der Waals surface area contributed by atoms with Crippen LogP contribution in [0.3, 0.4) is 0 Å². The van der Waals surface area contributed by atoms with E-state index in [1.54, 1.807) is 0 Å². The Hall–Kier alpha value is -0.0900. The van der Waals surface area contributed by atoms with Gasteiger partial charge in [-0.1, -0.05) is 20.8 Å². The van der Waals surface area contributed by atoms with Crippen LogP contribution < -0.4 is 4.72 Å². The molecule has 0 heterocycles. The highest BCUT2D eigenvalue weighted by Crippen LogP contribution is 2.37. The maximum atomic E-state index is 11.5. The second-order valence-electron chi connectivity index (χ2n) is 5.04. The monoisotopic (exact) mass is 219 g/mol. The van der Waals surface area contributed by atoms with Crippen LogP contribution in [0.1, 0.15) is 46.5 Å². The third-order valence-electron chi connectivity index (χ3n) is 2.79. The zero-order valence-electron chi connectivity index (χ0n) is 9.34. The molecule has 0 aromatic heterocycles. The van der Waals surface area contributed by atoms with Crippen molar-refractivity contribution in [1.82, 2.24) is 4.72 Å². The average molecular weight is 219 g/mol. The number of hydrogen-bond acceptors (Lipinski definition) is 2. The Morgan fingerprint density at radius 1 is 1.43 bits per heavy atom. The second-order valence-corrected chi connectivity index (χ2v) is 6.91. The van der Waals surface area contributed by atoms with Crippen molar-refractivity contribution < 1.29 is 8.42 Å². The van der Waals surface area contributed by atoms with Gasteiger partial charge in [0, 0.05) is 6.04 Å². The summed E-state index contributed by atoms with van der Waals surface area (Å²) in [5.41, 5.74) is 0.305. The van der Waals surface area contributed by atoms with E-state index >= 15 is 0 Å². The van der Waals surface area contributed by atoms with Gasteiger partial charge >= 0.3 is 0 Å². The first kappa shape index (κ1) is 12.0. The predicted octanol–water partition coefficient (Wildman–Crippen LogP) is 1.89. The van der Waals surface area contributed by atoms with E-state index < -0.39 is 10.0 Å². The summed E-state index contributed by atoms with van der Waals surface area (Å²) in [7, 11) is -3.02. The lowest BCUT2D eigenvalue weighted by atomic mass is 9.92. The molecule has 4 heteroatoms. The van der Waals surface area contributed by atoms with Crippen molar-refractivity contribution in [2.45, 2.75) is 52.5 Å². The summed E-state index contributed by atoms with van der Waals surface area (Å²) in [6.45, 7) is 6.28. The first-order chi connectivity index (χ1) is 6.35. The molecule has 14 heavy (non-hydrogen) atoms. The maximum Gasteiger partial charge on any atom is 0.211 e. The Labute approximate surface area is 87.3 Å². The minimum atomic E-state index is -3.02. The van der Waals surface area contributed by atoms with Gasteiger partial charge in [0.25, 0.3) is 0 Å². The summed E-state index contributed by atoms with van der Waals surface area (Å²) < 4.78 is 25.8. The zero-order valence-corrected chi connectivity index (χ0v) is 10.2. The van der Waals surface area contributed by atoms with Gasteiger partial charge in [-0.05, 0) is 31.1 Å². The highest BCUT2D eigenvalue weighted by atomic mass is 32.2.